The van der Waals surface area contributed by atoms with E-state index in [-0.39, 0.29) is 5.75 Å². The van der Waals surface area contributed by atoms with Gasteiger partial charge in [0.25, 0.3) is 0 Å². The lowest BCUT2D eigenvalue weighted by Gasteiger charge is -2.01. The van der Waals surface area contributed by atoms with E-state index in [4.69, 9.17) is 4.42 Å². The molecule has 0 radical (unpaired) electrons. The molecule has 2 heteroatoms. The molecule has 0 aliphatic rings. The van der Waals surface area contributed by atoms with Gasteiger partial charge in [0, 0.05) is 0 Å². The van der Waals surface area contributed by atoms with Crippen molar-refractivity contribution in [3.8, 4) is 17.1 Å². The average molecular weight is 188 g/mol. The van der Waals surface area contributed by atoms with Gasteiger partial charge in [-0.05, 0) is 43.7 Å². The third-order valence-corrected chi connectivity index (χ3v) is 2.16. The number of furan rings is 1. The van der Waals surface area contributed by atoms with Gasteiger partial charge in [-0.25, -0.2) is 0 Å². The first-order chi connectivity index (χ1) is 6.66. The zero-order chi connectivity index (χ0) is 10.1. The lowest BCUT2D eigenvalue weighted by Crippen LogP contribution is -1.77. The van der Waals surface area contributed by atoms with Gasteiger partial charge in [0.1, 0.15) is 17.3 Å². The van der Waals surface area contributed by atoms with E-state index in [9.17, 15) is 5.11 Å². The van der Waals surface area contributed by atoms with Gasteiger partial charge in [0.2, 0.25) is 0 Å². The zero-order valence-electron chi connectivity index (χ0n) is 8.24. The maximum atomic E-state index is 9.69. The topological polar surface area (TPSA) is 33.4 Å². The number of rotatable bonds is 1. The van der Waals surface area contributed by atoms with Crippen LogP contribution < -0.4 is 0 Å². The molecule has 0 aliphatic carbocycles. The molecule has 2 nitrogen and oxygen atoms in total. The van der Waals surface area contributed by atoms with Crippen molar-refractivity contribution in [1.82, 2.24) is 0 Å². The van der Waals surface area contributed by atoms with Crippen molar-refractivity contribution in [3.63, 3.8) is 0 Å². The molecule has 0 saturated carbocycles. The minimum absolute atomic E-state index is 0.263. The average Bonchev–Trinajstić information content (AvgIpc) is 2.51. The van der Waals surface area contributed by atoms with Crippen LogP contribution in [0.1, 0.15) is 11.3 Å². The summed E-state index contributed by atoms with van der Waals surface area (Å²) in [5, 5.41) is 9.69. The predicted octanol–water partition coefficient (Wildman–Crippen LogP) is 3.27. The third kappa shape index (κ3) is 1.51. The van der Waals surface area contributed by atoms with Crippen LogP contribution in [-0.4, -0.2) is 5.11 Å². The smallest absolute Gasteiger partial charge is 0.137 e. The van der Waals surface area contributed by atoms with Gasteiger partial charge in [0.15, 0.2) is 0 Å². The fraction of sp³-hybridized carbons (Fsp3) is 0.167. The second-order valence-electron chi connectivity index (χ2n) is 3.43. The summed E-state index contributed by atoms with van der Waals surface area (Å²) < 4.78 is 5.43. The summed E-state index contributed by atoms with van der Waals surface area (Å²) in [5.41, 5.74) is 1.78. The van der Waals surface area contributed by atoms with E-state index in [2.05, 4.69) is 0 Å². The highest BCUT2D eigenvalue weighted by Gasteiger charge is 2.07. The molecule has 0 fully saturated rings. The molecular formula is C12H12O2. The van der Waals surface area contributed by atoms with E-state index in [1.807, 2.05) is 38.1 Å². The van der Waals surface area contributed by atoms with Crippen LogP contribution in [0.5, 0.6) is 5.75 Å². The van der Waals surface area contributed by atoms with Crippen LogP contribution in [-0.2, 0) is 0 Å². The summed E-state index contributed by atoms with van der Waals surface area (Å²) in [7, 11) is 0. The summed E-state index contributed by atoms with van der Waals surface area (Å²) in [5.74, 6) is 1.82. The van der Waals surface area contributed by atoms with Crippen LogP contribution >= 0.6 is 0 Å². The molecule has 1 aromatic carbocycles. The predicted molar refractivity (Wildman–Crippen MR) is 55.3 cm³/mol. The molecule has 0 bridgehead atoms. The number of aryl methyl sites for hydroxylation is 2. The summed E-state index contributed by atoms with van der Waals surface area (Å²) >= 11 is 0. The largest absolute Gasteiger partial charge is 0.507 e. The number of phenols is 1. The molecule has 0 amide bonds. The summed E-state index contributed by atoms with van der Waals surface area (Å²) in [6.45, 7) is 3.83. The SMILES string of the molecule is Cc1ccc(-c2ccc(C)o2)c(O)c1. The van der Waals surface area contributed by atoms with Crippen LogP contribution in [0, 0.1) is 13.8 Å². The van der Waals surface area contributed by atoms with Crippen LogP contribution in [0.4, 0.5) is 0 Å². The molecule has 1 aromatic heterocycles. The van der Waals surface area contributed by atoms with Crippen LogP contribution in [0.25, 0.3) is 11.3 Å². The molecule has 0 aliphatic heterocycles. The molecule has 14 heavy (non-hydrogen) atoms. The number of phenolic OH excluding ortho intramolecular Hbond substituents is 1. The van der Waals surface area contributed by atoms with Gasteiger partial charge in [0.05, 0.1) is 5.56 Å². The highest BCUT2D eigenvalue weighted by molar-refractivity contribution is 5.66. The molecule has 72 valence electrons. The van der Waals surface area contributed by atoms with Crippen LogP contribution in [0.3, 0.4) is 0 Å². The maximum absolute atomic E-state index is 9.69. The highest BCUT2D eigenvalue weighted by Crippen LogP contribution is 2.30. The quantitative estimate of drug-likeness (QED) is 0.745. The first-order valence-electron chi connectivity index (χ1n) is 4.53. The van der Waals surface area contributed by atoms with Gasteiger partial charge in [-0.3, -0.25) is 0 Å². The van der Waals surface area contributed by atoms with E-state index in [0.717, 1.165) is 16.9 Å². The summed E-state index contributed by atoms with van der Waals surface area (Å²) in [6, 6.07) is 9.29. The minimum Gasteiger partial charge on any atom is -0.507 e. The normalized spacial score (nSPS) is 10.4. The Kier molecular flexibility index (Phi) is 2.04. The van der Waals surface area contributed by atoms with Crippen molar-refractivity contribution in [2.45, 2.75) is 13.8 Å². The van der Waals surface area contributed by atoms with E-state index in [1.54, 1.807) is 6.07 Å². The van der Waals surface area contributed by atoms with Crippen molar-refractivity contribution in [2.75, 3.05) is 0 Å². The lowest BCUT2D eigenvalue weighted by atomic mass is 10.1. The number of hydrogen-bond acceptors (Lipinski definition) is 2. The Bertz CT molecular complexity index is 455. The Balaban J connectivity index is 2.52. The number of aromatic hydroxyl groups is 1. The third-order valence-electron chi connectivity index (χ3n) is 2.16. The second-order valence-corrected chi connectivity index (χ2v) is 3.43. The number of hydrogen-bond donors (Lipinski definition) is 1. The van der Waals surface area contributed by atoms with Gasteiger partial charge >= 0.3 is 0 Å². The Morgan fingerprint density at radius 3 is 2.43 bits per heavy atom. The maximum Gasteiger partial charge on any atom is 0.137 e. The minimum atomic E-state index is 0.263. The van der Waals surface area contributed by atoms with Gasteiger partial charge < -0.3 is 9.52 Å². The van der Waals surface area contributed by atoms with Gasteiger partial charge in [-0.15, -0.1) is 0 Å². The second kappa shape index (κ2) is 3.22. The lowest BCUT2D eigenvalue weighted by molar-refractivity contribution is 0.472. The van der Waals surface area contributed by atoms with Crippen molar-refractivity contribution in [2.24, 2.45) is 0 Å². The Morgan fingerprint density at radius 2 is 1.86 bits per heavy atom. The molecule has 0 spiro atoms. The first kappa shape index (κ1) is 8.88. The Labute approximate surface area is 82.8 Å². The highest BCUT2D eigenvalue weighted by atomic mass is 16.3. The molecular weight excluding hydrogens is 176 g/mol. The van der Waals surface area contributed by atoms with Crippen molar-refractivity contribution >= 4 is 0 Å². The standard InChI is InChI=1S/C12H12O2/c1-8-3-5-10(11(13)7-8)12-6-4-9(2)14-12/h3-7,13H,1-2H3. The molecule has 0 saturated heterocycles. The fourth-order valence-electron chi connectivity index (χ4n) is 1.43. The van der Waals surface area contributed by atoms with E-state index in [0.29, 0.717) is 5.76 Å². The van der Waals surface area contributed by atoms with E-state index in [1.165, 1.54) is 0 Å². The first-order valence-corrected chi connectivity index (χ1v) is 4.53. The molecule has 0 unspecified atom stereocenters. The molecule has 1 N–H and O–H groups in total. The Morgan fingerprint density at radius 1 is 1.07 bits per heavy atom. The van der Waals surface area contributed by atoms with Crippen molar-refractivity contribution in [1.29, 1.82) is 0 Å². The molecule has 2 rings (SSSR count). The van der Waals surface area contributed by atoms with Gasteiger partial charge in [-0.2, -0.15) is 0 Å². The molecule has 1 heterocycles. The van der Waals surface area contributed by atoms with Crippen LogP contribution in [0.15, 0.2) is 34.7 Å². The summed E-state index contributed by atoms with van der Waals surface area (Å²) in [6.07, 6.45) is 0. The number of benzene rings is 1. The van der Waals surface area contributed by atoms with E-state index >= 15 is 0 Å². The monoisotopic (exact) mass is 188 g/mol. The zero-order valence-corrected chi connectivity index (χ0v) is 8.24. The fourth-order valence-corrected chi connectivity index (χ4v) is 1.43. The van der Waals surface area contributed by atoms with Crippen LogP contribution in [0.2, 0.25) is 0 Å². The van der Waals surface area contributed by atoms with Gasteiger partial charge in [-0.1, -0.05) is 6.07 Å². The molecule has 0 atom stereocenters. The van der Waals surface area contributed by atoms with Crippen molar-refractivity contribution in [3.05, 3.63) is 41.7 Å². The molecule has 2 aromatic rings. The van der Waals surface area contributed by atoms with E-state index < -0.39 is 0 Å². The summed E-state index contributed by atoms with van der Waals surface area (Å²) in [4.78, 5) is 0. The van der Waals surface area contributed by atoms with Crippen molar-refractivity contribution < 1.29 is 9.52 Å². The Hall–Kier alpha value is -1.70.